The zero-order valence-corrected chi connectivity index (χ0v) is 39.2. The van der Waals surface area contributed by atoms with E-state index in [1.807, 2.05) is 200 Å². The van der Waals surface area contributed by atoms with Crippen LogP contribution in [0.3, 0.4) is 0 Å². The molecule has 9 aromatic rings. The molecule has 0 saturated carbocycles. The molecule has 326 valence electrons. The molecule has 0 aromatic heterocycles. The Hall–Kier alpha value is -7.10. The Morgan fingerprint density at radius 3 is 0.612 bits per heavy atom. The van der Waals surface area contributed by atoms with Crippen molar-refractivity contribution in [3.05, 3.63) is 267 Å². The number of nitro groups is 3. The summed E-state index contributed by atoms with van der Waals surface area (Å²) in [6, 6.07) is 75.2. The maximum absolute atomic E-state index is 12.9. The third-order valence-corrected chi connectivity index (χ3v) is 21.6. The van der Waals surface area contributed by atoms with Crippen LogP contribution in [0.25, 0.3) is 0 Å². The normalized spacial score (nSPS) is 11.3. The molecule has 0 fully saturated rings. The van der Waals surface area contributed by atoms with E-state index in [0.717, 1.165) is 63.7 Å². The first-order valence-corrected chi connectivity index (χ1v) is 26.5. The smallest absolute Gasteiger partial charge is 0.258 e. The number of nitro benzene ring substituents is 3. The monoisotopic (exact) mass is 949 g/mol. The van der Waals surface area contributed by atoms with Gasteiger partial charge in [0.15, 0.2) is 0 Å². The second-order valence-electron chi connectivity index (χ2n) is 15.1. The van der Waals surface area contributed by atoms with Crippen molar-refractivity contribution in [1.29, 1.82) is 0 Å². The lowest BCUT2D eigenvalue weighted by molar-refractivity contribution is -0.384. The summed E-state index contributed by atoms with van der Waals surface area (Å²) in [4.78, 5) is 37.5. The Kier molecular flexibility index (Phi) is 13.9. The molecule has 9 rings (SSSR count). The predicted octanol–water partition coefficient (Wildman–Crippen LogP) is 8.44. The van der Waals surface area contributed by atoms with E-state index in [-0.39, 0.29) is 31.8 Å². The van der Waals surface area contributed by atoms with Crippen molar-refractivity contribution in [3.63, 3.8) is 0 Å². The second kappa shape index (κ2) is 20.6. The molecule has 0 N–H and O–H groups in total. The maximum atomic E-state index is 12.9. The summed E-state index contributed by atoms with van der Waals surface area (Å²) >= 11 is 0. The van der Waals surface area contributed by atoms with Crippen LogP contribution in [0.4, 0.5) is 17.1 Å². The van der Waals surface area contributed by atoms with Crippen LogP contribution >= 0.6 is 31.7 Å². The summed E-state index contributed by atoms with van der Waals surface area (Å²) in [5.41, 5.74) is -0.229. The van der Waals surface area contributed by atoms with Crippen LogP contribution < -0.4 is 63.7 Å². The number of non-ortho nitro benzene ring substituents is 3. The lowest BCUT2D eigenvalue weighted by Crippen LogP contribution is -2.43. The van der Waals surface area contributed by atoms with Crippen LogP contribution in [0.15, 0.2) is 237 Å². The molecule has 0 saturated heterocycles. The van der Waals surface area contributed by atoms with Gasteiger partial charge in [-0.3, -0.25) is 30.3 Å². The highest BCUT2D eigenvalue weighted by Crippen LogP contribution is 2.45. The van der Waals surface area contributed by atoms with E-state index in [1.54, 1.807) is 36.4 Å². The van der Waals surface area contributed by atoms with E-state index in [9.17, 15) is 30.3 Å². The van der Waals surface area contributed by atoms with E-state index in [1.165, 1.54) is 0 Å². The standard InChI is InChI=1S/C54H39N3O6P4/c58-55(59)40-31-34-49(52(37-40)64(43-19-7-1-8-20-43)44-21-9-2-10-22-44)67(50-35-32-41(56(60)61)38-53(50)65(45-23-11-3-12-24-45)46-25-13-4-14-26-46)51-36-33-42(57(62)63)39-54(51)66(47-27-15-5-16-28-47)48-29-17-6-18-30-48/h1-39H. The molecule has 13 heteroatoms. The summed E-state index contributed by atoms with van der Waals surface area (Å²) in [5, 5.41) is 49.1. The molecule has 0 unspecified atom stereocenters. The van der Waals surface area contributed by atoms with Crippen LogP contribution in [0, 0.1) is 30.3 Å². The molecule has 0 amide bonds. The molecule has 67 heavy (non-hydrogen) atoms. The van der Waals surface area contributed by atoms with Gasteiger partial charge in [-0.15, -0.1) is 0 Å². The van der Waals surface area contributed by atoms with Gasteiger partial charge < -0.3 is 0 Å². The Balaban J connectivity index is 1.46. The van der Waals surface area contributed by atoms with Crippen molar-refractivity contribution in [2.45, 2.75) is 0 Å². The van der Waals surface area contributed by atoms with Crippen molar-refractivity contribution in [2.24, 2.45) is 0 Å². The summed E-state index contributed by atoms with van der Waals surface area (Å²) in [7, 11) is -6.28. The Bertz CT molecular complexity index is 2730. The van der Waals surface area contributed by atoms with Gasteiger partial charge in [0.1, 0.15) is 0 Å². The van der Waals surface area contributed by atoms with E-state index in [4.69, 9.17) is 0 Å². The van der Waals surface area contributed by atoms with E-state index in [2.05, 4.69) is 0 Å². The highest BCUT2D eigenvalue weighted by atomic mass is 31.1. The van der Waals surface area contributed by atoms with Crippen molar-refractivity contribution < 1.29 is 14.8 Å². The van der Waals surface area contributed by atoms with Gasteiger partial charge >= 0.3 is 0 Å². The van der Waals surface area contributed by atoms with Crippen molar-refractivity contribution in [2.75, 3.05) is 0 Å². The topological polar surface area (TPSA) is 129 Å². The van der Waals surface area contributed by atoms with Gasteiger partial charge in [0.2, 0.25) is 0 Å². The van der Waals surface area contributed by atoms with Crippen molar-refractivity contribution in [3.8, 4) is 0 Å². The Labute approximate surface area is 392 Å². The lowest BCUT2D eigenvalue weighted by Gasteiger charge is -2.32. The summed E-state index contributed by atoms with van der Waals surface area (Å²) < 4.78 is 0. The summed E-state index contributed by atoms with van der Waals surface area (Å²) in [6.45, 7) is 0. The van der Waals surface area contributed by atoms with Crippen LogP contribution in [0.5, 0.6) is 0 Å². The molecular formula is C54H39N3O6P4. The largest absolute Gasteiger partial charge is 0.270 e. The van der Waals surface area contributed by atoms with Gasteiger partial charge in [-0.05, 0) is 97.6 Å². The molecule has 0 heterocycles. The zero-order valence-electron chi connectivity index (χ0n) is 35.6. The van der Waals surface area contributed by atoms with Crippen LogP contribution in [-0.4, -0.2) is 14.8 Å². The summed E-state index contributed by atoms with van der Waals surface area (Å²) in [6.07, 6.45) is 0. The van der Waals surface area contributed by atoms with E-state index < -0.39 is 31.7 Å². The second-order valence-corrected chi connectivity index (χ2v) is 23.8. The third-order valence-electron chi connectivity index (χ3n) is 11.0. The first-order chi connectivity index (χ1) is 32.8. The number of hydrogen-bond acceptors (Lipinski definition) is 6. The van der Waals surface area contributed by atoms with Crippen molar-refractivity contribution in [1.82, 2.24) is 0 Å². The molecule has 9 nitrogen and oxygen atoms in total. The van der Waals surface area contributed by atoms with Gasteiger partial charge in [-0.1, -0.05) is 182 Å². The molecule has 9 aromatic carbocycles. The quantitative estimate of drug-likeness (QED) is 0.0577. The molecule has 0 spiro atoms. The lowest BCUT2D eigenvalue weighted by atomic mass is 10.3. The first kappa shape index (κ1) is 45.1. The minimum absolute atomic E-state index is 0.0763. The number of hydrogen-bond donors (Lipinski definition) is 0. The van der Waals surface area contributed by atoms with E-state index in [0.29, 0.717) is 0 Å². The first-order valence-electron chi connectivity index (χ1n) is 21.1. The van der Waals surface area contributed by atoms with E-state index >= 15 is 0 Å². The summed E-state index contributed by atoms with van der Waals surface area (Å²) in [5.74, 6) is 0. The average molecular weight is 950 g/mol. The van der Waals surface area contributed by atoms with Gasteiger partial charge in [0.25, 0.3) is 17.1 Å². The van der Waals surface area contributed by atoms with Gasteiger partial charge in [-0.25, -0.2) is 0 Å². The third kappa shape index (κ3) is 9.74. The SMILES string of the molecule is O=[N+]([O-])c1ccc(P(c2ccc([N+](=O)[O-])cc2P(c2ccccc2)c2ccccc2)c2ccc([N+](=O)[O-])cc2P(c2ccccc2)c2ccccc2)c(P(c2ccccc2)c2ccccc2)c1. The minimum atomic E-state index is -1.86. The molecule has 0 atom stereocenters. The fourth-order valence-corrected chi connectivity index (χ4v) is 19.3. The fourth-order valence-electron chi connectivity index (χ4n) is 8.11. The Morgan fingerprint density at radius 2 is 0.433 bits per heavy atom. The predicted molar refractivity (Wildman–Crippen MR) is 281 cm³/mol. The molecule has 0 aliphatic carbocycles. The van der Waals surface area contributed by atoms with Gasteiger partial charge in [-0.2, -0.15) is 0 Å². The van der Waals surface area contributed by atoms with Gasteiger partial charge in [0.05, 0.1) is 14.8 Å². The molecule has 0 aliphatic rings. The highest BCUT2D eigenvalue weighted by Gasteiger charge is 2.35. The number of benzene rings is 9. The zero-order chi connectivity index (χ0) is 46.3. The number of nitrogens with zero attached hydrogens (tertiary/aromatic N) is 3. The van der Waals surface area contributed by atoms with Crippen LogP contribution in [0.1, 0.15) is 0 Å². The minimum Gasteiger partial charge on any atom is -0.258 e. The fraction of sp³-hybridized carbons (Fsp3) is 0. The average Bonchev–Trinajstić information content (AvgIpc) is 3.37. The number of rotatable bonds is 15. The van der Waals surface area contributed by atoms with Crippen LogP contribution in [-0.2, 0) is 0 Å². The van der Waals surface area contributed by atoms with Gasteiger partial charge in [0, 0.05) is 52.3 Å². The van der Waals surface area contributed by atoms with Crippen LogP contribution in [0.2, 0.25) is 0 Å². The molecular weight excluding hydrogens is 911 g/mol. The molecule has 0 aliphatic heterocycles. The highest BCUT2D eigenvalue weighted by molar-refractivity contribution is 7.89. The maximum Gasteiger partial charge on any atom is 0.270 e. The Morgan fingerprint density at radius 1 is 0.239 bits per heavy atom. The molecule has 0 bridgehead atoms. The van der Waals surface area contributed by atoms with Crippen molar-refractivity contribution >= 4 is 112 Å². The molecule has 0 radical (unpaired) electrons.